The molecule has 0 aliphatic carbocycles. The Labute approximate surface area is 180 Å². The first-order chi connectivity index (χ1) is 14.2. The van der Waals surface area contributed by atoms with Crippen LogP contribution in [0.3, 0.4) is 0 Å². The lowest BCUT2D eigenvalue weighted by Gasteiger charge is -2.14. The number of ether oxygens (including phenoxy) is 2. The van der Waals surface area contributed by atoms with E-state index < -0.39 is 5.97 Å². The van der Waals surface area contributed by atoms with Gasteiger partial charge < -0.3 is 25.0 Å². The number of amides is 2. The lowest BCUT2D eigenvalue weighted by molar-refractivity contribution is -0.862. The highest BCUT2D eigenvalue weighted by Crippen LogP contribution is 2.32. The molecule has 162 valence electrons. The van der Waals surface area contributed by atoms with Crippen molar-refractivity contribution in [1.29, 1.82) is 0 Å². The van der Waals surface area contributed by atoms with Crippen molar-refractivity contribution in [2.75, 3.05) is 44.5 Å². The van der Waals surface area contributed by atoms with Crippen LogP contribution in [0.25, 0.3) is 0 Å². The first kappa shape index (κ1) is 23.4. The van der Waals surface area contributed by atoms with Crippen molar-refractivity contribution in [2.45, 2.75) is 20.8 Å². The Morgan fingerprint density at radius 1 is 1.10 bits per heavy atom. The number of esters is 1. The maximum atomic E-state index is 12.5. The summed E-state index contributed by atoms with van der Waals surface area (Å²) in [6.07, 6.45) is 0. The highest BCUT2D eigenvalue weighted by molar-refractivity contribution is 7.16. The van der Waals surface area contributed by atoms with Crippen molar-refractivity contribution in [2.24, 2.45) is 0 Å². The number of aryl methyl sites for hydroxylation is 1. The number of thiophene rings is 1. The van der Waals surface area contributed by atoms with Crippen molar-refractivity contribution >= 4 is 39.8 Å². The number of carbonyl (C=O) groups excluding carboxylic acids is 3. The van der Waals surface area contributed by atoms with Gasteiger partial charge in [0.2, 0.25) is 0 Å². The number of hydrogen-bond acceptors (Lipinski definition) is 6. The molecule has 0 bridgehead atoms. The van der Waals surface area contributed by atoms with Crippen LogP contribution in [0.1, 0.15) is 27.7 Å². The average molecular weight is 435 g/mol. The molecule has 8 nitrogen and oxygen atoms in total. The third-order valence-electron chi connectivity index (χ3n) is 4.40. The molecular weight excluding hydrogens is 406 g/mol. The van der Waals surface area contributed by atoms with Gasteiger partial charge in [0.1, 0.15) is 10.8 Å². The normalized spacial score (nSPS) is 11.5. The monoisotopic (exact) mass is 434 g/mol. The molecule has 2 aromatic rings. The molecule has 1 unspecified atom stereocenters. The first-order valence-corrected chi connectivity index (χ1v) is 10.4. The van der Waals surface area contributed by atoms with Crippen molar-refractivity contribution < 1.29 is 28.8 Å². The number of methoxy groups -OCH3 is 1. The minimum atomic E-state index is -0.451. The standard InChI is InChI=1S/C21H27N3O5S/c1-6-29-21(27)19-13(2)14(3)30-20(19)23-18(26)12-24(4)11-17(25)22-15-8-7-9-16(10-15)28-5/h7-10H,6,11-12H2,1-5H3,(H,22,25)(H,23,26)/p+1. The van der Waals surface area contributed by atoms with Crippen molar-refractivity contribution in [3.8, 4) is 5.75 Å². The number of likely N-dealkylation sites (N-methyl/N-ethyl adjacent to an activating group) is 1. The van der Waals surface area contributed by atoms with Crippen LogP contribution >= 0.6 is 11.3 Å². The van der Waals surface area contributed by atoms with E-state index in [-0.39, 0.29) is 31.5 Å². The summed E-state index contributed by atoms with van der Waals surface area (Å²) in [7, 11) is 3.31. The Morgan fingerprint density at radius 2 is 1.77 bits per heavy atom. The van der Waals surface area contributed by atoms with Crippen molar-refractivity contribution in [3.05, 3.63) is 40.3 Å². The maximum absolute atomic E-state index is 12.5. The van der Waals surface area contributed by atoms with Gasteiger partial charge in [0.05, 0.1) is 26.3 Å². The van der Waals surface area contributed by atoms with E-state index in [4.69, 9.17) is 9.47 Å². The summed E-state index contributed by atoms with van der Waals surface area (Å²) >= 11 is 1.34. The van der Waals surface area contributed by atoms with E-state index in [0.29, 0.717) is 26.9 Å². The molecule has 1 aromatic heterocycles. The Kier molecular flexibility index (Phi) is 8.37. The largest absolute Gasteiger partial charge is 0.497 e. The third kappa shape index (κ3) is 6.30. The fraction of sp³-hybridized carbons (Fsp3) is 0.381. The second kappa shape index (κ2) is 10.7. The molecule has 0 aliphatic rings. The molecule has 0 spiro atoms. The molecule has 1 atom stereocenters. The summed E-state index contributed by atoms with van der Waals surface area (Å²) < 4.78 is 10.2. The zero-order valence-electron chi connectivity index (χ0n) is 17.9. The molecule has 9 heteroatoms. The number of benzene rings is 1. The van der Waals surface area contributed by atoms with Crippen molar-refractivity contribution in [1.82, 2.24) is 0 Å². The molecule has 3 N–H and O–H groups in total. The van der Waals surface area contributed by atoms with E-state index in [1.165, 1.54) is 11.3 Å². The van der Waals surface area contributed by atoms with Crippen molar-refractivity contribution in [3.63, 3.8) is 0 Å². The summed E-state index contributed by atoms with van der Waals surface area (Å²) in [6, 6.07) is 7.06. The van der Waals surface area contributed by atoms with Crippen LogP contribution in [0, 0.1) is 13.8 Å². The maximum Gasteiger partial charge on any atom is 0.341 e. The van der Waals surface area contributed by atoms with Gasteiger partial charge in [0, 0.05) is 16.6 Å². The number of rotatable bonds is 9. The van der Waals surface area contributed by atoms with Crippen LogP contribution in [0.15, 0.2) is 24.3 Å². The minimum Gasteiger partial charge on any atom is -0.497 e. The first-order valence-electron chi connectivity index (χ1n) is 9.57. The highest BCUT2D eigenvalue weighted by atomic mass is 32.1. The molecule has 1 heterocycles. The quantitative estimate of drug-likeness (QED) is 0.521. The van der Waals surface area contributed by atoms with E-state index in [9.17, 15) is 14.4 Å². The number of anilines is 2. The van der Waals surface area contributed by atoms with E-state index in [2.05, 4.69) is 10.6 Å². The summed E-state index contributed by atoms with van der Waals surface area (Å²) in [5, 5.41) is 6.05. The minimum absolute atomic E-state index is 0.0732. The van der Waals surface area contributed by atoms with Gasteiger partial charge in [-0.05, 0) is 38.5 Å². The molecule has 2 amide bonds. The number of nitrogens with one attached hydrogen (secondary N) is 3. The lowest BCUT2D eigenvalue weighted by atomic mass is 10.1. The Morgan fingerprint density at radius 3 is 2.40 bits per heavy atom. The van der Waals surface area contributed by atoms with E-state index >= 15 is 0 Å². The Balaban J connectivity index is 1.94. The van der Waals surface area contributed by atoms with E-state index in [1.54, 1.807) is 45.3 Å². The zero-order valence-corrected chi connectivity index (χ0v) is 18.7. The van der Waals surface area contributed by atoms with E-state index in [0.717, 1.165) is 10.4 Å². The topological polar surface area (TPSA) is 98.2 Å². The van der Waals surface area contributed by atoms with Gasteiger partial charge >= 0.3 is 5.97 Å². The Hall–Kier alpha value is -2.91. The van der Waals surface area contributed by atoms with Gasteiger partial charge in [0.25, 0.3) is 11.8 Å². The van der Waals surface area contributed by atoms with Gasteiger partial charge in [-0.3, -0.25) is 9.59 Å². The second-order valence-electron chi connectivity index (χ2n) is 6.85. The zero-order chi connectivity index (χ0) is 22.3. The molecule has 30 heavy (non-hydrogen) atoms. The summed E-state index contributed by atoms with van der Waals surface area (Å²) in [6.45, 7) is 5.89. The SMILES string of the molecule is CCOC(=O)c1c(NC(=O)C[NH+](C)CC(=O)Nc2cccc(OC)c2)sc(C)c1C. The summed E-state index contributed by atoms with van der Waals surface area (Å²) in [5.41, 5.74) is 1.81. The van der Waals surface area contributed by atoms with Gasteiger partial charge in [-0.2, -0.15) is 0 Å². The summed E-state index contributed by atoms with van der Waals surface area (Å²) in [5.74, 6) is -0.308. The molecule has 0 radical (unpaired) electrons. The molecule has 0 aliphatic heterocycles. The highest BCUT2D eigenvalue weighted by Gasteiger charge is 2.23. The number of carbonyl (C=O) groups is 3. The van der Waals surface area contributed by atoms with E-state index in [1.807, 2.05) is 13.8 Å². The Bertz CT molecular complexity index is 925. The van der Waals surface area contributed by atoms with Crippen LogP contribution in [-0.4, -0.2) is 51.6 Å². The van der Waals surface area contributed by atoms with Gasteiger partial charge in [0.15, 0.2) is 13.1 Å². The summed E-state index contributed by atoms with van der Waals surface area (Å²) in [4.78, 5) is 38.6. The molecule has 0 saturated heterocycles. The van der Waals surface area contributed by atoms with Gasteiger partial charge in [-0.1, -0.05) is 6.07 Å². The fourth-order valence-electron chi connectivity index (χ4n) is 2.85. The van der Waals surface area contributed by atoms with Crippen LogP contribution in [-0.2, 0) is 14.3 Å². The van der Waals surface area contributed by atoms with Crippen LogP contribution < -0.4 is 20.3 Å². The van der Waals surface area contributed by atoms with Crippen LogP contribution in [0.4, 0.5) is 10.7 Å². The second-order valence-corrected chi connectivity index (χ2v) is 8.07. The van der Waals surface area contributed by atoms with Gasteiger partial charge in [-0.15, -0.1) is 11.3 Å². The molecule has 0 saturated carbocycles. The number of hydrogen-bond donors (Lipinski definition) is 3. The molecule has 0 fully saturated rings. The molecular formula is C21H28N3O5S+. The molecule has 2 rings (SSSR count). The van der Waals surface area contributed by atoms with Crippen LogP contribution in [0.2, 0.25) is 0 Å². The predicted octanol–water partition coefficient (Wildman–Crippen LogP) is 1.64. The third-order valence-corrected chi connectivity index (χ3v) is 5.52. The van der Waals surface area contributed by atoms with Gasteiger partial charge in [-0.25, -0.2) is 4.79 Å². The lowest BCUT2D eigenvalue weighted by Crippen LogP contribution is -3.11. The predicted molar refractivity (Wildman–Crippen MR) is 117 cm³/mol. The smallest absolute Gasteiger partial charge is 0.341 e. The molecule has 1 aromatic carbocycles. The number of quaternary nitrogens is 1. The average Bonchev–Trinajstić information content (AvgIpc) is 2.94. The fourth-order valence-corrected chi connectivity index (χ4v) is 3.92. The van der Waals surface area contributed by atoms with Crippen LogP contribution in [0.5, 0.6) is 5.75 Å².